The highest BCUT2D eigenvalue weighted by molar-refractivity contribution is 7.91. The van der Waals surface area contributed by atoms with Gasteiger partial charge in [-0.1, -0.05) is 18.2 Å². The van der Waals surface area contributed by atoms with Gasteiger partial charge in [-0.05, 0) is 31.1 Å². The Hall–Kier alpha value is -2.79. The molecule has 1 fully saturated rings. The minimum absolute atomic E-state index is 0.00977. The number of rotatable bonds is 2. The molecule has 2 amide bonds. The number of carbonyl (C=O) groups excluding carboxylic acids is 2. The number of amides is 2. The van der Waals surface area contributed by atoms with Gasteiger partial charge in [0, 0.05) is 11.1 Å². The zero-order valence-corrected chi connectivity index (χ0v) is 14.7. The molecular weight excluding hydrogens is 359 g/mol. The molecule has 0 spiro atoms. The highest BCUT2D eigenvalue weighted by atomic mass is 32.2. The standard InChI is InChI=1S/C18H15FN2O4S/c1-11-14(8-12-4-2-3-5-16(12)19)17(22)21(18(23)15(11)9-20)13-6-7-26(24,25)10-13/h2-5,8,13H,6-7,10H2,1H3. The maximum atomic E-state index is 14.0. The molecule has 1 aromatic rings. The van der Waals surface area contributed by atoms with Gasteiger partial charge in [-0.25, -0.2) is 12.8 Å². The first-order chi connectivity index (χ1) is 12.2. The summed E-state index contributed by atoms with van der Waals surface area (Å²) in [6.07, 6.45) is 1.41. The van der Waals surface area contributed by atoms with Crippen LogP contribution in [-0.2, 0) is 19.4 Å². The number of nitriles is 1. The van der Waals surface area contributed by atoms with Crippen LogP contribution in [0.1, 0.15) is 18.9 Å². The van der Waals surface area contributed by atoms with E-state index >= 15 is 0 Å². The Bertz CT molecular complexity index is 1020. The molecule has 1 unspecified atom stereocenters. The smallest absolute Gasteiger partial charge is 0.270 e. The Morgan fingerprint density at radius 2 is 1.96 bits per heavy atom. The highest BCUT2D eigenvalue weighted by Crippen LogP contribution is 2.31. The van der Waals surface area contributed by atoms with E-state index in [1.54, 1.807) is 12.1 Å². The molecule has 3 rings (SSSR count). The van der Waals surface area contributed by atoms with E-state index in [9.17, 15) is 27.7 Å². The molecule has 8 heteroatoms. The van der Waals surface area contributed by atoms with Crippen LogP contribution in [-0.4, -0.2) is 42.7 Å². The van der Waals surface area contributed by atoms with Crippen molar-refractivity contribution in [1.29, 1.82) is 5.26 Å². The fourth-order valence-electron chi connectivity index (χ4n) is 3.16. The van der Waals surface area contributed by atoms with Gasteiger partial charge in [0.05, 0.1) is 17.5 Å². The van der Waals surface area contributed by atoms with E-state index in [0.29, 0.717) is 0 Å². The van der Waals surface area contributed by atoms with Gasteiger partial charge in [0.15, 0.2) is 9.84 Å². The molecule has 0 bridgehead atoms. The maximum absolute atomic E-state index is 14.0. The molecule has 6 nitrogen and oxygen atoms in total. The summed E-state index contributed by atoms with van der Waals surface area (Å²) < 4.78 is 37.4. The van der Waals surface area contributed by atoms with E-state index in [-0.39, 0.29) is 40.2 Å². The Morgan fingerprint density at radius 3 is 2.54 bits per heavy atom. The van der Waals surface area contributed by atoms with Crippen molar-refractivity contribution in [2.75, 3.05) is 11.5 Å². The molecule has 0 radical (unpaired) electrons. The first kappa shape index (κ1) is 18.0. The van der Waals surface area contributed by atoms with Gasteiger partial charge in [-0.2, -0.15) is 5.26 Å². The van der Waals surface area contributed by atoms with Gasteiger partial charge in [0.2, 0.25) is 0 Å². The number of nitrogens with zero attached hydrogens (tertiary/aromatic N) is 2. The molecular formula is C18H15FN2O4S. The summed E-state index contributed by atoms with van der Waals surface area (Å²) in [6.45, 7) is 1.45. The number of sulfone groups is 1. The molecule has 2 aliphatic rings. The van der Waals surface area contributed by atoms with Gasteiger partial charge in [0.25, 0.3) is 11.8 Å². The van der Waals surface area contributed by atoms with Crippen LogP contribution in [0, 0.1) is 17.1 Å². The van der Waals surface area contributed by atoms with Crippen molar-refractivity contribution in [1.82, 2.24) is 4.90 Å². The molecule has 1 aromatic carbocycles. The Labute approximate surface area is 150 Å². The summed E-state index contributed by atoms with van der Waals surface area (Å²) in [5.41, 5.74) is 0.0655. The number of benzene rings is 1. The van der Waals surface area contributed by atoms with Gasteiger partial charge < -0.3 is 0 Å². The summed E-state index contributed by atoms with van der Waals surface area (Å²) in [6, 6.07) is 6.76. The minimum Gasteiger partial charge on any atom is -0.270 e. The average Bonchev–Trinajstić information content (AvgIpc) is 2.93. The Morgan fingerprint density at radius 1 is 1.27 bits per heavy atom. The van der Waals surface area contributed by atoms with Crippen molar-refractivity contribution in [2.45, 2.75) is 19.4 Å². The molecule has 1 saturated heterocycles. The molecule has 1 atom stereocenters. The van der Waals surface area contributed by atoms with Crippen molar-refractivity contribution < 1.29 is 22.4 Å². The van der Waals surface area contributed by atoms with Crippen molar-refractivity contribution in [3.63, 3.8) is 0 Å². The van der Waals surface area contributed by atoms with Gasteiger partial charge in [-0.15, -0.1) is 0 Å². The van der Waals surface area contributed by atoms with Crippen LogP contribution in [0.3, 0.4) is 0 Å². The predicted octanol–water partition coefficient (Wildman–Crippen LogP) is 1.61. The van der Waals surface area contributed by atoms with Crippen LogP contribution in [0.4, 0.5) is 4.39 Å². The van der Waals surface area contributed by atoms with Crippen LogP contribution in [0.2, 0.25) is 0 Å². The van der Waals surface area contributed by atoms with E-state index in [4.69, 9.17) is 0 Å². The lowest BCUT2D eigenvalue weighted by molar-refractivity contribution is -0.142. The number of hydrogen-bond donors (Lipinski definition) is 0. The fraction of sp³-hybridized carbons (Fsp3) is 0.278. The second-order valence-electron chi connectivity index (χ2n) is 6.23. The molecule has 0 N–H and O–H groups in total. The van der Waals surface area contributed by atoms with Gasteiger partial charge >= 0.3 is 0 Å². The van der Waals surface area contributed by atoms with Crippen molar-refractivity contribution in [3.8, 4) is 6.07 Å². The van der Waals surface area contributed by atoms with Crippen molar-refractivity contribution >= 4 is 27.7 Å². The summed E-state index contributed by atoms with van der Waals surface area (Å²) >= 11 is 0. The normalized spacial score (nSPS) is 24.3. The number of carbonyl (C=O) groups is 2. The van der Waals surface area contributed by atoms with E-state index in [1.165, 1.54) is 31.2 Å². The summed E-state index contributed by atoms with van der Waals surface area (Å²) in [5, 5.41) is 9.33. The van der Waals surface area contributed by atoms with E-state index in [0.717, 1.165) is 4.90 Å². The first-order valence-corrected chi connectivity index (χ1v) is 9.73. The third kappa shape index (κ3) is 3.06. The fourth-order valence-corrected chi connectivity index (χ4v) is 4.86. The van der Waals surface area contributed by atoms with Crippen LogP contribution >= 0.6 is 0 Å². The second kappa shape index (κ2) is 6.50. The molecule has 0 saturated carbocycles. The molecule has 0 aliphatic carbocycles. The van der Waals surface area contributed by atoms with Crippen molar-refractivity contribution in [2.24, 2.45) is 0 Å². The number of halogens is 1. The third-order valence-corrected chi connectivity index (χ3v) is 6.30. The molecule has 26 heavy (non-hydrogen) atoms. The van der Waals surface area contributed by atoms with Crippen LogP contribution < -0.4 is 0 Å². The Kier molecular flexibility index (Phi) is 4.50. The van der Waals surface area contributed by atoms with Crippen LogP contribution in [0.5, 0.6) is 0 Å². The second-order valence-corrected chi connectivity index (χ2v) is 8.46. The predicted molar refractivity (Wildman–Crippen MR) is 91.6 cm³/mol. The van der Waals surface area contributed by atoms with E-state index in [2.05, 4.69) is 0 Å². The summed E-state index contributed by atoms with van der Waals surface area (Å²) in [4.78, 5) is 26.3. The largest absolute Gasteiger partial charge is 0.271 e. The lowest BCUT2D eigenvalue weighted by atomic mass is 9.92. The van der Waals surface area contributed by atoms with Crippen molar-refractivity contribution in [3.05, 3.63) is 52.4 Å². The van der Waals surface area contributed by atoms with Gasteiger partial charge in [-0.3, -0.25) is 14.5 Å². The van der Waals surface area contributed by atoms with E-state index in [1.807, 2.05) is 0 Å². The Balaban J connectivity index is 2.12. The summed E-state index contributed by atoms with van der Waals surface area (Å²) in [7, 11) is -3.34. The van der Waals surface area contributed by atoms with Gasteiger partial charge in [0.1, 0.15) is 17.5 Å². The lowest BCUT2D eigenvalue weighted by Gasteiger charge is -2.31. The lowest BCUT2D eigenvalue weighted by Crippen LogP contribution is -2.49. The quantitative estimate of drug-likeness (QED) is 0.579. The monoisotopic (exact) mass is 374 g/mol. The molecule has 0 aromatic heterocycles. The minimum atomic E-state index is -3.34. The number of imide groups is 1. The zero-order chi connectivity index (χ0) is 19.1. The first-order valence-electron chi connectivity index (χ1n) is 7.91. The molecule has 2 aliphatic heterocycles. The highest BCUT2D eigenvalue weighted by Gasteiger charge is 2.43. The summed E-state index contributed by atoms with van der Waals surface area (Å²) in [5.74, 6) is -2.51. The van der Waals surface area contributed by atoms with Crippen LogP contribution in [0.25, 0.3) is 6.08 Å². The number of hydrogen-bond acceptors (Lipinski definition) is 5. The molecule has 2 heterocycles. The van der Waals surface area contributed by atoms with E-state index < -0.39 is 33.5 Å². The zero-order valence-electron chi connectivity index (χ0n) is 13.9. The molecule has 134 valence electrons. The third-order valence-electron chi connectivity index (χ3n) is 4.55. The maximum Gasteiger partial charge on any atom is 0.271 e. The van der Waals surface area contributed by atoms with Crippen LogP contribution in [0.15, 0.2) is 41.0 Å². The average molecular weight is 374 g/mol. The topological polar surface area (TPSA) is 95.3 Å². The SMILES string of the molecule is CC1=C(C#N)C(=O)N(C2CCS(=O)(=O)C2)C(=O)C1=Cc1ccccc1F.